The molecule has 1 N–H and O–H groups in total. The lowest BCUT2D eigenvalue weighted by molar-refractivity contribution is 0.0445. The maximum Gasteiger partial charge on any atom is 0.0949 e. The summed E-state index contributed by atoms with van der Waals surface area (Å²) < 4.78 is 6.07. The molecule has 1 aromatic rings. The smallest absolute Gasteiger partial charge is 0.0949 e. The van der Waals surface area contributed by atoms with Gasteiger partial charge in [0.05, 0.1) is 6.10 Å². The number of rotatable bonds is 8. The molecule has 19 heavy (non-hydrogen) atoms. The Balaban J connectivity index is 2.59. The van der Waals surface area contributed by atoms with Crippen LogP contribution in [0.4, 0.5) is 0 Å². The van der Waals surface area contributed by atoms with Gasteiger partial charge in [0.2, 0.25) is 0 Å². The molecule has 0 saturated carbocycles. The van der Waals surface area contributed by atoms with Crippen LogP contribution in [0.3, 0.4) is 0 Å². The molecule has 0 aliphatic carbocycles. The maximum absolute atomic E-state index is 6.07. The summed E-state index contributed by atoms with van der Waals surface area (Å²) in [5.74, 6) is 0.691. The van der Waals surface area contributed by atoms with E-state index < -0.39 is 0 Å². The third-order valence-electron chi connectivity index (χ3n) is 3.17. The molecule has 0 aromatic heterocycles. The molecular weight excluding hydrogens is 234 g/mol. The first-order valence-electron chi connectivity index (χ1n) is 7.40. The molecule has 2 heteroatoms. The van der Waals surface area contributed by atoms with Gasteiger partial charge in [-0.3, -0.25) is 0 Å². The first-order chi connectivity index (χ1) is 8.99. The fourth-order valence-electron chi connectivity index (χ4n) is 1.84. The lowest BCUT2D eigenvalue weighted by Gasteiger charge is -2.21. The summed E-state index contributed by atoms with van der Waals surface area (Å²) in [6, 6.07) is 9.16. The van der Waals surface area contributed by atoms with E-state index in [2.05, 4.69) is 64.2 Å². The Kier molecular flexibility index (Phi) is 7.11. The molecule has 1 aromatic carbocycles. The molecule has 0 spiro atoms. The van der Waals surface area contributed by atoms with Gasteiger partial charge in [-0.1, -0.05) is 57.5 Å². The highest BCUT2D eigenvalue weighted by atomic mass is 16.5. The average Bonchev–Trinajstić information content (AvgIpc) is 2.34. The van der Waals surface area contributed by atoms with Crippen LogP contribution in [-0.4, -0.2) is 19.2 Å². The normalized spacial score (nSPS) is 13.2. The predicted molar refractivity (Wildman–Crippen MR) is 82.5 cm³/mol. The van der Waals surface area contributed by atoms with Crippen molar-refractivity contribution in [3.63, 3.8) is 0 Å². The zero-order chi connectivity index (χ0) is 14.3. The molecule has 0 heterocycles. The van der Waals surface area contributed by atoms with Gasteiger partial charge in [-0.05, 0) is 24.8 Å². The van der Waals surface area contributed by atoms with E-state index in [0.717, 1.165) is 19.6 Å². The number of nitrogens with one attached hydrogen (secondary N) is 1. The summed E-state index contributed by atoms with van der Waals surface area (Å²) in [6.07, 6.45) is 1.27. The summed E-state index contributed by atoms with van der Waals surface area (Å²) in [4.78, 5) is 0. The van der Waals surface area contributed by atoms with E-state index in [4.69, 9.17) is 4.74 Å². The quantitative estimate of drug-likeness (QED) is 0.762. The van der Waals surface area contributed by atoms with Crippen molar-refractivity contribution in [1.82, 2.24) is 5.32 Å². The van der Waals surface area contributed by atoms with Crippen molar-refractivity contribution in [3.05, 3.63) is 35.4 Å². The van der Waals surface area contributed by atoms with E-state index in [1.165, 1.54) is 11.1 Å². The number of aryl methyl sites for hydroxylation is 1. The Morgan fingerprint density at radius 1 is 1.05 bits per heavy atom. The highest BCUT2D eigenvalue weighted by molar-refractivity contribution is 5.23. The number of benzene rings is 1. The molecular formula is C17H29NO. The average molecular weight is 263 g/mol. The van der Waals surface area contributed by atoms with Crippen molar-refractivity contribution in [1.29, 1.82) is 0 Å². The Bertz CT molecular complexity index is 343. The summed E-state index contributed by atoms with van der Waals surface area (Å²) in [6.45, 7) is 12.6. The van der Waals surface area contributed by atoms with Gasteiger partial charge in [0.25, 0.3) is 0 Å². The summed E-state index contributed by atoms with van der Waals surface area (Å²) in [7, 11) is 0. The van der Waals surface area contributed by atoms with Gasteiger partial charge in [-0.25, -0.2) is 0 Å². The van der Waals surface area contributed by atoms with Crippen molar-refractivity contribution in [2.24, 2.45) is 5.92 Å². The van der Waals surface area contributed by atoms with Gasteiger partial charge in [-0.15, -0.1) is 0 Å². The minimum absolute atomic E-state index is 0.154. The molecule has 0 fully saturated rings. The highest BCUT2D eigenvalue weighted by Gasteiger charge is 2.12. The highest BCUT2D eigenvalue weighted by Crippen LogP contribution is 2.18. The SMILES string of the molecule is Cc1ccc(C(CNC(C)C)OCCC(C)C)cc1. The second-order valence-corrected chi connectivity index (χ2v) is 6.02. The molecule has 1 atom stereocenters. The van der Waals surface area contributed by atoms with Crippen LogP contribution in [-0.2, 0) is 4.74 Å². The van der Waals surface area contributed by atoms with Crippen LogP contribution in [0.5, 0.6) is 0 Å². The monoisotopic (exact) mass is 263 g/mol. The minimum atomic E-state index is 0.154. The molecule has 0 bridgehead atoms. The second-order valence-electron chi connectivity index (χ2n) is 6.02. The van der Waals surface area contributed by atoms with E-state index in [1.807, 2.05) is 0 Å². The Morgan fingerprint density at radius 3 is 2.21 bits per heavy atom. The molecule has 0 amide bonds. The van der Waals surface area contributed by atoms with E-state index >= 15 is 0 Å². The zero-order valence-electron chi connectivity index (χ0n) is 13.1. The van der Waals surface area contributed by atoms with Gasteiger partial charge in [0, 0.05) is 19.2 Å². The van der Waals surface area contributed by atoms with Gasteiger partial charge in [-0.2, -0.15) is 0 Å². The standard InChI is InChI=1S/C17H29NO/c1-13(2)10-11-19-17(12-18-14(3)4)16-8-6-15(5)7-9-16/h6-9,13-14,17-18H,10-12H2,1-5H3. The van der Waals surface area contributed by atoms with Crippen LogP contribution in [0.2, 0.25) is 0 Å². The summed E-state index contributed by atoms with van der Waals surface area (Å²) >= 11 is 0. The second kappa shape index (κ2) is 8.34. The van der Waals surface area contributed by atoms with Crippen LogP contribution in [0.25, 0.3) is 0 Å². The number of ether oxygens (including phenoxy) is 1. The van der Waals surface area contributed by atoms with Gasteiger partial charge < -0.3 is 10.1 Å². The van der Waals surface area contributed by atoms with E-state index in [-0.39, 0.29) is 6.10 Å². The van der Waals surface area contributed by atoms with Gasteiger partial charge in [0.1, 0.15) is 0 Å². The Morgan fingerprint density at radius 2 is 1.68 bits per heavy atom. The van der Waals surface area contributed by atoms with Crippen molar-refractivity contribution < 1.29 is 4.74 Å². The van der Waals surface area contributed by atoms with Gasteiger partial charge >= 0.3 is 0 Å². The molecule has 108 valence electrons. The predicted octanol–water partition coefficient (Wildman–Crippen LogP) is 4.10. The van der Waals surface area contributed by atoms with Crippen molar-refractivity contribution in [2.75, 3.05) is 13.2 Å². The molecule has 0 saturated heterocycles. The van der Waals surface area contributed by atoms with E-state index in [1.54, 1.807) is 0 Å². The van der Waals surface area contributed by atoms with E-state index in [9.17, 15) is 0 Å². The molecule has 0 aliphatic rings. The zero-order valence-corrected chi connectivity index (χ0v) is 13.1. The molecule has 0 radical (unpaired) electrons. The fraction of sp³-hybridized carbons (Fsp3) is 0.647. The Hall–Kier alpha value is -0.860. The third-order valence-corrected chi connectivity index (χ3v) is 3.17. The lowest BCUT2D eigenvalue weighted by Crippen LogP contribution is -2.29. The summed E-state index contributed by atoms with van der Waals surface area (Å²) in [5.41, 5.74) is 2.56. The van der Waals surface area contributed by atoms with Crippen LogP contribution in [0.1, 0.15) is 51.3 Å². The first kappa shape index (κ1) is 16.2. The lowest BCUT2D eigenvalue weighted by atomic mass is 10.1. The molecule has 0 aliphatic heterocycles. The van der Waals surface area contributed by atoms with E-state index in [0.29, 0.717) is 12.0 Å². The van der Waals surface area contributed by atoms with Crippen molar-refractivity contribution in [2.45, 2.75) is 53.2 Å². The van der Waals surface area contributed by atoms with Crippen LogP contribution in [0.15, 0.2) is 24.3 Å². The first-order valence-corrected chi connectivity index (χ1v) is 7.40. The number of hydrogen-bond acceptors (Lipinski definition) is 2. The molecule has 1 rings (SSSR count). The Labute approximate surface area is 118 Å². The maximum atomic E-state index is 6.07. The third kappa shape index (κ3) is 6.74. The fourth-order valence-corrected chi connectivity index (χ4v) is 1.84. The van der Waals surface area contributed by atoms with Crippen LogP contribution < -0.4 is 5.32 Å². The van der Waals surface area contributed by atoms with Gasteiger partial charge in [0.15, 0.2) is 0 Å². The molecule has 2 nitrogen and oxygen atoms in total. The van der Waals surface area contributed by atoms with Crippen LogP contribution >= 0.6 is 0 Å². The largest absolute Gasteiger partial charge is 0.372 e. The topological polar surface area (TPSA) is 21.3 Å². The minimum Gasteiger partial charge on any atom is -0.372 e. The van der Waals surface area contributed by atoms with Crippen molar-refractivity contribution in [3.8, 4) is 0 Å². The molecule has 1 unspecified atom stereocenters. The summed E-state index contributed by atoms with van der Waals surface area (Å²) in [5, 5.41) is 3.47. The van der Waals surface area contributed by atoms with Crippen molar-refractivity contribution >= 4 is 0 Å². The number of hydrogen-bond donors (Lipinski definition) is 1. The van der Waals surface area contributed by atoms with Crippen LogP contribution in [0, 0.1) is 12.8 Å².